The molecule has 1 heterocycles. The standard InChI is InChI=1S/C33H41ClFN3O5/c1-33(2,24-11-7-12-25(34)19-24)29(22-10-6-13-26(35)17-22)43-32(42)38-28(16-21-8-4-3-5-9-21)31(41)37-27(20-39)18-23-14-15-36-30(23)40/h6-7,10-13,17,19-21,23,27-29H,3-5,8-9,14-16,18H2,1-2H3,(H,36,40)(H,37,41)(H,38,42)/t23-,27-,28-,29?/m0/s1. The highest BCUT2D eigenvalue weighted by molar-refractivity contribution is 6.30. The number of amides is 3. The van der Waals surface area contributed by atoms with Crippen molar-refractivity contribution in [3.05, 3.63) is 70.5 Å². The van der Waals surface area contributed by atoms with Crippen LogP contribution >= 0.6 is 11.6 Å². The van der Waals surface area contributed by atoms with Crippen molar-refractivity contribution in [2.45, 2.75) is 88.8 Å². The number of alkyl carbamates (subject to hydrolysis) is 1. The summed E-state index contributed by atoms with van der Waals surface area (Å²) in [7, 11) is 0. The van der Waals surface area contributed by atoms with Gasteiger partial charge in [-0.2, -0.15) is 0 Å². The van der Waals surface area contributed by atoms with Crippen molar-refractivity contribution < 1.29 is 28.3 Å². The van der Waals surface area contributed by atoms with Gasteiger partial charge >= 0.3 is 6.09 Å². The molecular weight excluding hydrogens is 573 g/mol. The summed E-state index contributed by atoms with van der Waals surface area (Å²) in [5.41, 5.74) is 0.398. The van der Waals surface area contributed by atoms with Gasteiger partial charge in [0, 0.05) is 22.9 Å². The molecule has 1 aliphatic carbocycles. The van der Waals surface area contributed by atoms with Crippen LogP contribution in [0.25, 0.3) is 0 Å². The van der Waals surface area contributed by atoms with Crippen LogP contribution in [-0.2, 0) is 24.5 Å². The predicted molar refractivity (Wildman–Crippen MR) is 162 cm³/mol. The summed E-state index contributed by atoms with van der Waals surface area (Å²) >= 11 is 6.27. The van der Waals surface area contributed by atoms with Gasteiger partial charge in [0.1, 0.15) is 24.2 Å². The van der Waals surface area contributed by atoms with Gasteiger partial charge < -0.3 is 25.5 Å². The number of ether oxygens (including phenoxy) is 1. The van der Waals surface area contributed by atoms with Gasteiger partial charge in [0.05, 0.1) is 6.04 Å². The molecule has 0 spiro atoms. The minimum Gasteiger partial charge on any atom is -0.440 e. The highest BCUT2D eigenvalue weighted by Gasteiger charge is 2.38. The first-order valence-corrected chi connectivity index (χ1v) is 15.5. The Balaban J connectivity index is 1.54. The molecule has 1 saturated heterocycles. The molecule has 4 rings (SSSR count). The van der Waals surface area contributed by atoms with Crippen molar-refractivity contribution in [1.82, 2.24) is 16.0 Å². The summed E-state index contributed by atoms with van der Waals surface area (Å²) in [6.07, 6.45) is 5.15. The van der Waals surface area contributed by atoms with Crippen LogP contribution in [0.4, 0.5) is 9.18 Å². The highest BCUT2D eigenvalue weighted by atomic mass is 35.5. The van der Waals surface area contributed by atoms with Crippen LogP contribution in [-0.4, -0.2) is 42.8 Å². The van der Waals surface area contributed by atoms with Crippen LogP contribution in [0.5, 0.6) is 0 Å². The van der Waals surface area contributed by atoms with Gasteiger partial charge in [-0.3, -0.25) is 9.59 Å². The van der Waals surface area contributed by atoms with E-state index in [4.69, 9.17) is 16.3 Å². The number of halogens is 2. The molecule has 0 aromatic heterocycles. The second kappa shape index (κ2) is 14.8. The zero-order chi connectivity index (χ0) is 31.0. The molecule has 0 bridgehead atoms. The lowest BCUT2D eigenvalue weighted by Gasteiger charge is -2.35. The number of rotatable bonds is 12. The lowest BCUT2D eigenvalue weighted by Crippen LogP contribution is -2.52. The van der Waals surface area contributed by atoms with Gasteiger partial charge in [-0.15, -0.1) is 0 Å². The summed E-state index contributed by atoms with van der Waals surface area (Å²) in [5, 5.41) is 8.76. The summed E-state index contributed by atoms with van der Waals surface area (Å²) in [6, 6.07) is 11.2. The molecule has 0 radical (unpaired) electrons. The fourth-order valence-corrected chi connectivity index (χ4v) is 6.41. The normalized spacial score (nSPS) is 19.5. The predicted octanol–water partition coefficient (Wildman–Crippen LogP) is 5.77. The highest BCUT2D eigenvalue weighted by Crippen LogP contribution is 2.40. The lowest BCUT2D eigenvalue weighted by molar-refractivity contribution is -0.127. The van der Waals surface area contributed by atoms with Crippen molar-refractivity contribution in [2.24, 2.45) is 11.8 Å². The second-order valence-corrected chi connectivity index (χ2v) is 12.7. The molecule has 232 valence electrons. The van der Waals surface area contributed by atoms with Crippen LogP contribution in [0.1, 0.15) is 82.4 Å². The minimum atomic E-state index is -0.960. The summed E-state index contributed by atoms with van der Waals surface area (Å²) < 4.78 is 20.3. The van der Waals surface area contributed by atoms with Crippen molar-refractivity contribution in [2.75, 3.05) is 6.54 Å². The van der Waals surface area contributed by atoms with Crippen molar-refractivity contribution in [3.8, 4) is 0 Å². The number of carbonyl (C=O) groups is 4. The van der Waals surface area contributed by atoms with E-state index in [2.05, 4.69) is 16.0 Å². The van der Waals surface area contributed by atoms with Crippen LogP contribution in [0.2, 0.25) is 5.02 Å². The Kier molecular flexibility index (Phi) is 11.2. The number of hydrogen-bond acceptors (Lipinski definition) is 5. The molecule has 2 aliphatic rings. The van der Waals surface area contributed by atoms with Crippen LogP contribution < -0.4 is 16.0 Å². The van der Waals surface area contributed by atoms with Gasteiger partial charge in [-0.1, -0.05) is 81.8 Å². The minimum absolute atomic E-state index is 0.132. The van der Waals surface area contributed by atoms with E-state index >= 15 is 0 Å². The zero-order valence-electron chi connectivity index (χ0n) is 24.7. The Labute approximate surface area is 257 Å². The van der Waals surface area contributed by atoms with Gasteiger partial charge in [-0.25, -0.2) is 9.18 Å². The third kappa shape index (κ3) is 8.78. The fourth-order valence-electron chi connectivity index (χ4n) is 6.22. The van der Waals surface area contributed by atoms with E-state index in [0.29, 0.717) is 36.3 Å². The molecule has 2 fully saturated rings. The number of hydrogen-bond donors (Lipinski definition) is 3. The molecule has 2 aromatic rings. The summed E-state index contributed by atoms with van der Waals surface area (Å²) in [4.78, 5) is 51.0. The van der Waals surface area contributed by atoms with E-state index in [1.165, 1.54) is 12.1 Å². The van der Waals surface area contributed by atoms with E-state index in [-0.39, 0.29) is 24.2 Å². The second-order valence-electron chi connectivity index (χ2n) is 12.3. The lowest BCUT2D eigenvalue weighted by atomic mass is 9.76. The molecule has 10 heteroatoms. The molecule has 8 nitrogen and oxygen atoms in total. The molecule has 1 unspecified atom stereocenters. The Hall–Kier alpha value is -3.46. The van der Waals surface area contributed by atoms with E-state index in [1.807, 2.05) is 19.9 Å². The first-order chi connectivity index (χ1) is 20.6. The maximum absolute atomic E-state index is 14.3. The fraction of sp³-hybridized carbons (Fsp3) is 0.515. The van der Waals surface area contributed by atoms with Crippen LogP contribution in [0.15, 0.2) is 48.5 Å². The Bertz CT molecular complexity index is 1300. The maximum atomic E-state index is 14.3. The monoisotopic (exact) mass is 613 g/mol. The molecule has 1 saturated carbocycles. The molecule has 4 atom stereocenters. The number of benzene rings is 2. The SMILES string of the molecule is CC(C)(c1cccc(Cl)c1)C(OC(=O)N[C@@H](CC1CCCCC1)C(=O)N[C@H](C=O)C[C@@H]1CCNC1=O)c1cccc(F)c1. The van der Waals surface area contributed by atoms with Gasteiger partial charge in [-0.05, 0) is 60.6 Å². The van der Waals surface area contributed by atoms with E-state index in [1.54, 1.807) is 30.3 Å². The van der Waals surface area contributed by atoms with Gasteiger partial charge in [0.2, 0.25) is 11.8 Å². The third-order valence-electron chi connectivity index (χ3n) is 8.70. The molecule has 43 heavy (non-hydrogen) atoms. The average molecular weight is 614 g/mol. The summed E-state index contributed by atoms with van der Waals surface area (Å²) in [6.45, 7) is 4.29. The Morgan fingerprint density at radius 3 is 2.47 bits per heavy atom. The first kappa shape index (κ1) is 32.5. The van der Waals surface area contributed by atoms with E-state index in [9.17, 15) is 23.6 Å². The van der Waals surface area contributed by atoms with Crippen LogP contribution in [0.3, 0.4) is 0 Å². The topological polar surface area (TPSA) is 114 Å². The zero-order valence-corrected chi connectivity index (χ0v) is 25.5. The van der Waals surface area contributed by atoms with Gasteiger partial charge in [0.15, 0.2) is 0 Å². The van der Waals surface area contributed by atoms with E-state index < -0.39 is 41.4 Å². The van der Waals surface area contributed by atoms with Crippen molar-refractivity contribution >= 4 is 35.8 Å². The van der Waals surface area contributed by atoms with E-state index in [0.717, 1.165) is 37.7 Å². The van der Waals surface area contributed by atoms with Gasteiger partial charge in [0.25, 0.3) is 0 Å². The van der Waals surface area contributed by atoms with Crippen LogP contribution in [0, 0.1) is 17.7 Å². The molecule has 1 aliphatic heterocycles. The molecular formula is C33H41ClFN3O5. The smallest absolute Gasteiger partial charge is 0.408 e. The number of aldehydes is 1. The summed E-state index contributed by atoms with van der Waals surface area (Å²) in [5.74, 6) is -1.24. The Morgan fingerprint density at radius 2 is 1.81 bits per heavy atom. The third-order valence-corrected chi connectivity index (χ3v) is 8.93. The number of carbonyl (C=O) groups excluding carboxylic acids is 4. The number of nitrogens with one attached hydrogen (secondary N) is 3. The van der Waals surface area contributed by atoms with Crippen molar-refractivity contribution in [3.63, 3.8) is 0 Å². The Morgan fingerprint density at radius 1 is 1.07 bits per heavy atom. The largest absolute Gasteiger partial charge is 0.440 e. The molecule has 3 N–H and O–H groups in total. The first-order valence-electron chi connectivity index (χ1n) is 15.1. The maximum Gasteiger partial charge on any atom is 0.408 e. The molecule has 2 aromatic carbocycles. The van der Waals surface area contributed by atoms with Crippen molar-refractivity contribution in [1.29, 1.82) is 0 Å². The quantitative estimate of drug-likeness (QED) is 0.263. The molecule has 3 amide bonds. The average Bonchev–Trinajstić information content (AvgIpc) is 3.39.